The Hall–Kier alpha value is -1.91. The van der Waals surface area contributed by atoms with Crippen molar-refractivity contribution in [1.82, 2.24) is 0 Å². The molecule has 0 bridgehead atoms. The largest absolute Gasteiger partial charge is 0.302 e. The summed E-state index contributed by atoms with van der Waals surface area (Å²) in [7, 11) is 0. The molecule has 0 saturated carbocycles. The second-order valence-electron chi connectivity index (χ2n) is 35.2. The first-order valence-corrected chi connectivity index (χ1v) is 50.0. The normalized spacial score (nSPS) is 13.3. The number of unbranched alkanes of at least 4 members (excludes halogenated alkanes) is 73. The molecular weight excluding hydrogens is 1310 g/mol. The van der Waals surface area contributed by atoms with Crippen LogP contribution < -0.4 is 0 Å². The van der Waals surface area contributed by atoms with E-state index in [-0.39, 0.29) is 48.8 Å². The smallest absolute Gasteiger partial charge is 0.148 e. The predicted molar refractivity (Wildman–Crippen MR) is 475 cm³/mol. The van der Waals surface area contributed by atoms with Crippen LogP contribution in [0.4, 0.5) is 0 Å². The quantitative estimate of drug-likeness (QED) is 0.0262. The second-order valence-corrected chi connectivity index (χ2v) is 35.2. The molecule has 0 fully saturated rings. The van der Waals surface area contributed by atoms with Crippen LogP contribution >= 0.6 is 0 Å². The van der Waals surface area contributed by atoms with Gasteiger partial charge in [-0.3, -0.25) is 19.2 Å². The van der Waals surface area contributed by atoms with Crippen molar-refractivity contribution in [3.8, 4) is 0 Å². The molecule has 3 unspecified atom stereocenters. The zero-order valence-electron chi connectivity index (χ0n) is 74.2. The standard InChI is InChI=1S/C102H194O5/c1-7-13-19-25-31-37-43-49-52-56-61-67-73-79-85-91-98(105)101(95-103,94-88-82-76-70-64-58-51-45-39-33-27-21-15-9-3)102(99(106)92-86-80-74-68-62-55-47-41-35-29-23-17-11-5,100(107)93-87-81-75-69-63-57-53-50-44-38-32-26-20-14-8-2)96(89-83-77-71-65-59-48-42-36-30-24-18-12-6)97(104)90-84-78-72-66-60-54-46-40-34-28-22-16-10-4/h59,65,95-96H,7-58,60-64,66-94H2,1-6H3. The fourth-order valence-electron chi connectivity index (χ4n) is 18.0. The third-order valence-corrected chi connectivity index (χ3v) is 25.2. The van der Waals surface area contributed by atoms with E-state index in [4.69, 9.17) is 0 Å². The Kier molecular flexibility index (Phi) is 83.5. The highest BCUT2D eigenvalue weighted by atomic mass is 16.2. The topological polar surface area (TPSA) is 85.3 Å². The first-order valence-electron chi connectivity index (χ1n) is 50.0. The highest BCUT2D eigenvalue weighted by molar-refractivity contribution is 6.19. The number of hydrogen-bond donors (Lipinski definition) is 0. The lowest BCUT2D eigenvalue weighted by atomic mass is 9.47. The Morgan fingerprint density at radius 3 is 0.636 bits per heavy atom. The number of rotatable bonds is 94. The molecule has 3 atom stereocenters. The van der Waals surface area contributed by atoms with Crippen LogP contribution in [0.2, 0.25) is 0 Å². The van der Waals surface area contributed by atoms with E-state index in [1.807, 2.05) is 0 Å². The van der Waals surface area contributed by atoms with Gasteiger partial charge in [-0.1, -0.05) is 516 Å². The van der Waals surface area contributed by atoms with Crippen molar-refractivity contribution in [2.24, 2.45) is 16.7 Å². The van der Waals surface area contributed by atoms with E-state index in [1.54, 1.807) is 0 Å². The number of aldehydes is 1. The maximum absolute atomic E-state index is 16.8. The third kappa shape index (κ3) is 61.2. The van der Waals surface area contributed by atoms with Gasteiger partial charge >= 0.3 is 0 Å². The van der Waals surface area contributed by atoms with Crippen molar-refractivity contribution < 1.29 is 24.0 Å². The van der Waals surface area contributed by atoms with Crippen LogP contribution in [0.1, 0.15) is 594 Å². The van der Waals surface area contributed by atoms with Crippen molar-refractivity contribution in [1.29, 1.82) is 0 Å². The van der Waals surface area contributed by atoms with Crippen molar-refractivity contribution >= 4 is 29.4 Å². The molecule has 0 aliphatic carbocycles. The van der Waals surface area contributed by atoms with E-state index < -0.39 is 16.7 Å². The highest BCUT2D eigenvalue weighted by Gasteiger charge is 2.67. The SMILES string of the molecule is CCCCCCCCC=CCCCCC(C(=O)CCCCCCCCCCCCCCC)C(C(=O)CCCCCCCCCCCCCCC)(C(=O)CCCCCCCCCCCCCCCCC)C(C=O)(CCCCCCCCCCCCCCCC)C(=O)CCCCCCCCCCCCCCCCC. The maximum atomic E-state index is 16.8. The van der Waals surface area contributed by atoms with E-state index in [2.05, 4.69) is 53.7 Å². The van der Waals surface area contributed by atoms with Gasteiger partial charge in [-0.05, 0) is 64.2 Å². The molecule has 5 nitrogen and oxygen atoms in total. The summed E-state index contributed by atoms with van der Waals surface area (Å²) in [6, 6.07) is 0. The summed E-state index contributed by atoms with van der Waals surface area (Å²) in [6.45, 7) is 13.7. The number of allylic oxidation sites excluding steroid dienone is 2. The van der Waals surface area contributed by atoms with Crippen molar-refractivity contribution in [3.63, 3.8) is 0 Å². The maximum Gasteiger partial charge on any atom is 0.148 e. The van der Waals surface area contributed by atoms with E-state index in [0.717, 1.165) is 122 Å². The molecule has 0 heterocycles. The van der Waals surface area contributed by atoms with E-state index in [9.17, 15) is 0 Å². The minimum atomic E-state index is -1.99. The minimum absolute atomic E-state index is 0.0118. The van der Waals surface area contributed by atoms with Crippen LogP contribution in [0.15, 0.2) is 12.2 Å². The summed E-state index contributed by atoms with van der Waals surface area (Å²) in [5, 5.41) is 0. The molecule has 0 aromatic rings. The van der Waals surface area contributed by atoms with Crippen molar-refractivity contribution in [3.05, 3.63) is 12.2 Å². The van der Waals surface area contributed by atoms with Crippen LogP contribution in [0, 0.1) is 16.7 Å². The minimum Gasteiger partial charge on any atom is -0.302 e. The van der Waals surface area contributed by atoms with Gasteiger partial charge in [0.15, 0.2) is 0 Å². The summed E-state index contributed by atoms with van der Waals surface area (Å²) < 4.78 is 0. The zero-order valence-corrected chi connectivity index (χ0v) is 74.2. The van der Waals surface area contributed by atoms with E-state index in [0.29, 0.717) is 44.9 Å². The molecule has 107 heavy (non-hydrogen) atoms. The molecule has 0 amide bonds. The molecule has 632 valence electrons. The van der Waals surface area contributed by atoms with Crippen LogP contribution in [-0.2, 0) is 24.0 Å². The lowest BCUT2D eigenvalue weighted by molar-refractivity contribution is -0.171. The molecule has 0 aromatic heterocycles. The lowest BCUT2D eigenvalue weighted by Gasteiger charge is -2.49. The number of hydrogen-bond acceptors (Lipinski definition) is 5. The van der Waals surface area contributed by atoms with Crippen LogP contribution in [-0.4, -0.2) is 29.4 Å². The monoisotopic (exact) mass is 1500 g/mol. The molecule has 0 radical (unpaired) electrons. The Balaban J connectivity index is 7.64. The van der Waals surface area contributed by atoms with E-state index >= 15 is 24.0 Å². The first-order chi connectivity index (χ1) is 52.7. The number of carbonyl (C=O) groups excluding carboxylic acids is 5. The Morgan fingerprint density at radius 2 is 0.402 bits per heavy atom. The van der Waals surface area contributed by atoms with Crippen LogP contribution in [0.25, 0.3) is 0 Å². The summed E-state index contributed by atoms with van der Waals surface area (Å²) in [4.78, 5) is 81.6. The molecule has 0 saturated heterocycles. The molecule has 5 heteroatoms. The van der Waals surface area contributed by atoms with Gasteiger partial charge in [0.2, 0.25) is 0 Å². The summed E-state index contributed by atoms with van der Waals surface area (Å²) >= 11 is 0. The fraction of sp³-hybridized carbons (Fsp3) is 0.931. The fourth-order valence-corrected chi connectivity index (χ4v) is 18.0. The van der Waals surface area contributed by atoms with Gasteiger partial charge in [0.05, 0.1) is 0 Å². The number of carbonyl (C=O) groups is 5. The van der Waals surface area contributed by atoms with Gasteiger partial charge in [0, 0.05) is 31.6 Å². The Labute approximate surface area is 672 Å². The Morgan fingerprint density at radius 1 is 0.215 bits per heavy atom. The van der Waals surface area contributed by atoms with Gasteiger partial charge < -0.3 is 4.79 Å². The van der Waals surface area contributed by atoms with Crippen LogP contribution in [0.3, 0.4) is 0 Å². The van der Waals surface area contributed by atoms with Crippen LogP contribution in [0.5, 0.6) is 0 Å². The molecular formula is C102H194O5. The van der Waals surface area contributed by atoms with Gasteiger partial charge in [-0.15, -0.1) is 0 Å². The van der Waals surface area contributed by atoms with Gasteiger partial charge in [-0.2, -0.15) is 0 Å². The molecule has 0 rings (SSSR count). The third-order valence-electron chi connectivity index (χ3n) is 25.2. The summed E-state index contributed by atoms with van der Waals surface area (Å²) in [5.74, 6) is -1.64. The molecule has 0 spiro atoms. The number of ketones is 4. The molecule has 0 aromatic carbocycles. The molecule has 0 N–H and O–H groups in total. The molecule has 0 aliphatic rings. The van der Waals surface area contributed by atoms with Crippen molar-refractivity contribution in [2.45, 2.75) is 594 Å². The van der Waals surface area contributed by atoms with Gasteiger partial charge in [0.25, 0.3) is 0 Å². The zero-order chi connectivity index (χ0) is 77.8. The van der Waals surface area contributed by atoms with Gasteiger partial charge in [-0.25, -0.2) is 0 Å². The van der Waals surface area contributed by atoms with Crippen molar-refractivity contribution in [2.75, 3.05) is 0 Å². The Bertz CT molecular complexity index is 1880. The summed E-state index contributed by atoms with van der Waals surface area (Å²) in [5.41, 5.74) is -3.86. The lowest BCUT2D eigenvalue weighted by Crippen LogP contribution is -2.63. The average molecular weight is 1500 g/mol. The average Bonchev–Trinajstić information content (AvgIpc) is 0.714. The molecule has 0 aliphatic heterocycles. The second kappa shape index (κ2) is 85.0. The number of Topliss-reactive ketones (excluding diaryl/α,β-unsaturated/α-hetero) is 4. The summed E-state index contributed by atoms with van der Waals surface area (Å²) in [6.07, 6.45) is 103. The highest BCUT2D eigenvalue weighted by Crippen LogP contribution is 2.55. The van der Waals surface area contributed by atoms with Gasteiger partial charge in [0.1, 0.15) is 40.2 Å². The van der Waals surface area contributed by atoms with E-state index in [1.165, 1.54) is 366 Å². The first kappa shape index (κ1) is 105. The predicted octanol–water partition coefficient (Wildman–Crippen LogP) is 35.3.